The normalized spacial score (nSPS) is 18.7. The minimum atomic E-state index is 0.0503. The Balaban J connectivity index is 1.63. The first-order valence-electron chi connectivity index (χ1n) is 10.3. The van der Waals surface area contributed by atoms with Gasteiger partial charge in [-0.2, -0.15) is 5.10 Å². The zero-order valence-corrected chi connectivity index (χ0v) is 16.9. The second-order valence-electron chi connectivity index (χ2n) is 7.88. The molecule has 2 N–H and O–H groups in total. The van der Waals surface area contributed by atoms with Gasteiger partial charge in [-0.25, -0.2) is 4.68 Å². The largest absolute Gasteiger partial charge is 0.341 e. The van der Waals surface area contributed by atoms with Gasteiger partial charge < -0.3 is 10.6 Å². The van der Waals surface area contributed by atoms with Crippen molar-refractivity contribution in [3.8, 4) is 16.9 Å². The highest BCUT2D eigenvalue weighted by molar-refractivity contribution is 5.79. The van der Waals surface area contributed by atoms with E-state index in [4.69, 9.17) is 10.8 Å². The van der Waals surface area contributed by atoms with Gasteiger partial charge >= 0.3 is 0 Å². The number of para-hydroxylation sites is 1. The summed E-state index contributed by atoms with van der Waals surface area (Å²) in [4.78, 5) is 14.9. The molecule has 1 aliphatic rings. The summed E-state index contributed by atoms with van der Waals surface area (Å²) >= 11 is 0. The lowest BCUT2D eigenvalue weighted by molar-refractivity contribution is -0.135. The number of hydrogen-bond acceptors (Lipinski definition) is 3. The average Bonchev–Trinajstić information content (AvgIpc) is 3.41. The maximum Gasteiger partial charge on any atom is 0.226 e. The van der Waals surface area contributed by atoms with Crippen LogP contribution in [0.3, 0.4) is 0 Å². The Morgan fingerprint density at radius 3 is 2.48 bits per heavy atom. The molecule has 0 radical (unpaired) electrons. The van der Waals surface area contributed by atoms with Crippen molar-refractivity contribution in [2.24, 2.45) is 17.6 Å². The molecule has 1 aliphatic carbocycles. The molecule has 29 heavy (non-hydrogen) atoms. The number of aromatic nitrogens is 2. The molecule has 5 nitrogen and oxygen atoms in total. The Bertz CT molecular complexity index is 952. The fraction of sp³-hybridized carbons (Fsp3) is 0.333. The third-order valence-electron chi connectivity index (χ3n) is 5.92. The second-order valence-corrected chi connectivity index (χ2v) is 7.88. The lowest BCUT2D eigenvalue weighted by Gasteiger charge is -2.24. The smallest absolute Gasteiger partial charge is 0.226 e. The summed E-state index contributed by atoms with van der Waals surface area (Å²) in [6.07, 6.45) is 5.13. The Hall–Kier alpha value is -2.92. The molecule has 4 rings (SSSR count). The van der Waals surface area contributed by atoms with Gasteiger partial charge in [0.1, 0.15) is 0 Å². The summed E-state index contributed by atoms with van der Waals surface area (Å²) < 4.78 is 1.90. The zero-order valence-electron chi connectivity index (χ0n) is 16.9. The minimum Gasteiger partial charge on any atom is -0.341 e. The highest BCUT2D eigenvalue weighted by Crippen LogP contribution is 2.33. The molecule has 0 bridgehead atoms. The molecule has 1 heterocycles. The third kappa shape index (κ3) is 4.10. The number of benzene rings is 2. The van der Waals surface area contributed by atoms with Crippen LogP contribution in [-0.2, 0) is 11.3 Å². The number of carbonyl (C=O) groups is 1. The fourth-order valence-electron chi connectivity index (χ4n) is 4.34. The summed E-state index contributed by atoms with van der Waals surface area (Å²) in [5, 5.41) is 4.85. The van der Waals surface area contributed by atoms with Crippen LogP contribution in [0.5, 0.6) is 0 Å². The van der Waals surface area contributed by atoms with Crippen molar-refractivity contribution in [3.63, 3.8) is 0 Å². The van der Waals surface area contributed by atoms with Crippen LogP contribution < -0.4 is 5.73 Å². The Morgan fingerprint density at radius 2 is 1.79 bits per heavy atom. The molecular weight excluding hydrogens is 360 g/mol. The van der Waals surface area contributed by atoms with Crippen molar-refractivity contribution in [1.82, 2.24) is 14.7 Å². The molecule has 5 heteroatoms. The van der Waals surface area contributed by atoms with Crippen molar-refractivity contribution in [2.75, 3.05) is 13.6 Å². The lowest BCUT2D eigenvalue weighted by atomic mass is 9.94. The van der Waals surface area contributed by atoms with E-state index in [0.717, 1.165) is 41.8 Å². The molecule has 2 aromatic carbocycles. The van der Waals surface area contributed by atoms with E-state index in [1.54, 1.807) is 0 Å². The summed E-state index contributed by atoms with van der Waals surface area (Å²) in [5.74, 6) is 0.560. The van der Waals surface area contributed by atoms with Crippen LogP contribution in [0.25, 0.3) is 16.9 Å². The molecule has 1 aromatic heterocycles. The van der Waals surface area contributed by atoms with Crippen LogP contribution in [0.1, 0.15) is 24.8 Å². The van der Waals surface area contributed by atoms with Crippen molar-refractivity contribution >= 4 is 5.91 Å². The van der Waals surface area contributed by atoms with Crippen LogP contribution in [0.15, 0.2) is 66.9 Å². The van der Waals surface area contributed by atoms with Crippen LogP contribution in [0, 0.1) is 11.8 Å². The minimum absolute atomic E-state index is 0.0503. The van der Waals surface area contributed by atoms with Crippen LogP contribution in [0.4, 0.5) is 0 Å². The van der Waals surface area contributed by atoms with E-state index < -0.39 is 0 Å². The molecule has 2 atom stereocenters. The van der Waals surface area contributed by atoms with Gasteiger partial charge in [0.15, 0.2) is 0 Å². The summed E-state index contributed by atoms with van der Waals surface area (Å²) in [6.45, 7) is 1.12. The predicted molar refractivity (Wildman–Crippen MR) is 115 cm³/mol. The van der Waals surface area contributed by atoms with Gasteiger partial charge in [-0.05, 0) is 37.4 Å². The first-order valence-corrected chi connectivity index (χ1v) is 10.3. The number of hydrogen-bond donors (Lipinski definition) is 1. The van der Waals surface area contributed by atoms with Crippen molar-refractivity contribution in [3.05, 3.63) is 72.4 Å². The Morgan fingerprint density at radius 1 is 1.10 bits per heavy atom. The molecule has 0 spiro atoms. The molecular formula is C24H28N4O. The average molecular weight is 389 g/mol. The van der Waals surface area contributed by atoms with Gasteiger partial charge in [-0.15, -0.1) is 0 Å². The molecule has 0 saturated heterocycles. The van der Waals surface area contributed by atoms with E-state index in [2.05, 4.69) is 12.1 Å². The Kier molecular flexibility index (Phi) is 5.76. The van der Waals surface area contributed by atoms with Gasteiger partial charge in [0.25, 0.3) is 0 Å². The van der Waals surface area contributed by atoms with Crippen LogP contribution in [0.2, 0.25) is 0 Å². The lowest BCUT2D eigenvalue weighted by Crippen LogP contribution is -2.36. The number of nitrogens with two attached hydrogens (primary N) is 1. The first kappa shape index (κ1) is 19.4. The van der Waals surface area contributed by atoms with Crippen molar-refractivity contribution < 1.29 is 4.79 Å². The van der Waals surface area contributed by atoms with Gasteiger partial charge in [0, 0.05) is 36.8 Å². The number of amides is 1. The predicted octanol–water partition coefficient (Wildman–Crippen LogP) is 3.87. The van der Waals surface area contributed by atoms with E-state index in [1.165, 1.54) is 0 Å². The zero-order chi connectivity index (χ0) is 20.2. The summed E-state index contributed by atoms with van der Waals surface area (Å²) in [6, 6.07) is 20.2. The van der Waals surface area contributed by atoms with Gasteiger partial charge in [0.05, 0.1) is 11.4 Å². The molecule has 1 amide bonds. The Labute approximate surface area is 172 Å². The molecule has 1 fully saturated rings. The second kappa shape index (κ2) is 8.62. The van der Waals surface area contributed by atoms with Crippen LogP contribution in [-0.4, -0.2) is 34.2 Å². The van der Waals surface area contributed by atoms with Crippen LogP contribution >= 0.6 is 0 Å². The standard InChI is InChI=1S/C24H28N4O/c1-27(24(29)22-14-8-11-19(22)15-25)16-20-17-28(21-12-6-3-7-13-21)26-23(20)18-9-4-2-5-10-18/h2-7,9-10,12-13,17,19,22H,8,11,14-16,25H2,1H3/t19-,22-/m1/s1. The molecule has 1 saturated carbocycles. The monoisotopic (exact) mass is 388 g/mol. The van der Waals surface area contributed by atoms with E-state index in [0.29, 0.717) is 19.0 Å². The molecule has 3 aromatic rings. The number of nitrogens with zero attached hydrogens (tertiary/aromatic N) is 3. The van der Waals surface area contributed by atoms with E-state index in [-0.39, 0.29) is 11.8 Å². The first-order chi connectivity index (χ1) is 14.2. The SMILES string of the molecule is CN(Cc1cn(-c2ccccc2)nc1-c1ccccc1)C(=O)[C@@H]1CCC[C@@H]1CN. The maximum absolute atomic E-state index is 13.1. The summed E-state index contributed by atoms with van der Waals surface area (Å²) in [5.41, 5.74) is 9.91. The van der Waals surface area contributed by atoms with E-state index >= 15 is 0 Å². The maximum atomic E-state index is 13.1. The number of carbonyl (C=O) groups excluding carboxylic acids is 1. The summed E-state index contributed by atoms with van der Waals surface area (Å²) in [7, 11) is 1.89. The highest BCUT2D eigenvalue weighted by Gasteiger charge is 2.34. The topological polar surface area (TPSA) is 64.2 Å². The number of rotatable bonds is 6. The third-order valence-corrected chi connectivity index (χ3v) is 5.92. The quantitative estimate of drug-likeness (QED) is 0.697. The molecule has 0 unspecified atom stereocenters. The van der Waals surface area contributed by atoms with Crippen molar-refractivity contribution in [2.45, 2.75) is 25.8 Å². The van der Waals surface area contributed by atoms with Gasteiger partial charge in [-0.1, -0.05) is 55.0 Å². The van der Waals surface area contributed by atoms with Crippen molar-refractivity contribution in [1.29, 1.82) is 0 Å². The fourth-order valence-corrected chi connectivity index (χ4v) is 4.34. The molecule has 0 aliphatic heterocycles. The highest BCUT2D eigenvalue weighted by atomic mass is 16.2. The van der Waals surface area contributed by atoms with Gasteiger partial charge in [0.2, 0.25) is 5.91 Å². The van der Waals surface area contributed by atoms with E-state index in [9.17, 15) is 4.79 Å². The van der Waals surface area contributed by atoms with E-state index in [1.807, 2.05) is 71.4 Å². The molecule has 150 valence electrons. The van der Waals surface area contributed by atoms with Gasteiger partial charge in [-0.3, -0.25) is 4.79 Å².